The maximum atomic E-state index is 12.1. The summed E-state index contributed by atoms with van der Waals surface area (Å²) in [5.41, 5.74) is 7.31. The Balaban J connectivity index is 1.56. The molecule has 0 heterocycles. The SMILES string of the molecule is Cc1ccc(NO/N=C/C(=O)c2ccc(-c3ccccc3)cc2)cc1. The van der Waals surface area contributed by atoms with Crippen molar-refractivity contribution in [3.63, 3.8) is 0 Å². The van der Waals surface area contributed by atoms with Crippen LogP contribution in [0.25, 0.3) is 11.1 Å². The molecule has 0 aliphatic heterocycles. The molecule has 0 amide bonds. The highest BCUT2D eigenvalue weighted by molar-refractivity contribution is 6.35. The summed E-state index contributed by atoms with van der Waals surface area (Å²) in [6, 6.07) is 25.1. The number of anilines is 1. The summed E-state index contributed by atoms with van der Waals surface area (Å²) < 4.78 is 0. The van der Waals surface area contributed by atoms with Gasteiger partial charge in [0.15, 0.2) is 0 Å². The average Bonchev–Trinajstić information content (AvgIpc) is 2.67. The number of rotatable bonds is 6. The Labute approximate surface area is 146 Å². The number of hydrogen-bond donors (Lipinski definition) is 1. The topological polar surface area (TPSA) is 50.7 Å². The Morgan fingerprint density at radius 1 is 0.880 bits per heavy atom. The summed E-state index contributed by atoms with van der Waals surface area (Å²) >= 11 is 0. The second kappa shape index (κ2) is 7.93. The molecule has 3 aromatic carbocycles. The van der Waals surface area contributed by atoms with Crippen molar-refractivity contribution in [2.24, 2.45) is 5.16 Å². The first-order chi connectivity index (χ1) is 12.2. The summed E-state index contributed by atoms with van der Waals surface area (Å²) in [5, 5.41) is 3.66. The first-order valence-electron chi connectivity index (χ1n) is 7.94. The number of carbonyl (C=O) groups is 1. The Morgan fingerprint density at radius 2 is 1.52 bits per heavy atom. The van der Waals surface area contributed by atoms with Crippen molar-refractivity contribution in [3.05, 3.63) is 90.0 Å². The number of benzene rings is 3. The minimum Gasteiger partial charge on any atom is -0.287 e. The van der Waals surface area contributed by atoms with Crippen LogP contribution in [0.5, 0.6) is 0 Å². The van der Waals surface area contributed by atoms with E-state index >= 15 is 0 Å². The second-order valence-electron chi connectivity index (χ2n) is 5.60. The molecule has 124 valence electrons. The molecule has 4 nitrogen and oxygen atoms in total. The summed E-state index contributed by atoms with van der Waals surface area (Å²) in [7, 11) is 0. The lowest BCUT2D eigenvalue weighted by Gasteiger charge is -2.03. The molecule has 0 spiro atoms. The van der Waals surface area contributed by atoms with Crippen LogP contribution in [0.1, 0.15) is 15.9 Å². The smallest absolute Gasteiger partial charge is 0.207 e. The standard InChI is InChI=1S/C21H18N2O2/c1-16-7-13-20(14-8-16)23-25-22-15-21(24)19-11-9-18(10-12-19)17-5-3-2-4-6-17/h2-15,23H,1H3/b22-15+. The van der Waals surface area contributed by atoms with Crippen molar-refractivity contribution in [3.8, 4) is 11.1 Å². The lowest BCUT2D eigenvalue weighted by Crippen LogP contribution is -2.02. The van der Waals surface area contributed by atoms with Crippen molar-refractivity contribution in [1.29, 1.82) is 0 Å². The van der Waals surface area contributed by atoms with Crippen LogP contribution < -0.4 is 5.48 Å². The number of Topliss-reactive ketones (excluding diaryl/α,β-unsaturated/α-hetero) is 1. The fourth-order valence-corrected chi connectivity index (χ4v) is 2.31. The number of nitrogens with zero attached hydrogens (tertiary/aromatic N) is 1. The zero-order chi connectivity index (χ0) is 17.5. The van der Waals surface area contributed by atoms with Gasteiger partial charge in [-0.05, 0) is 30.2 Å². The van der Waals surface area contributed by atoms with Crippen LogP contribution in [-0.2, 0) is 4.94 Å². The molecular weight excluding hydrogens is 312 g/mol. The molecule has 0 saturated heterocycles. The molecule has 0 saturated carbocycles. The van der Waals surface area contributed by atoms with E-state index < -0.39 is 0 Å². The van der Waals surface area contributed by atoms with E-state index in [-0.39, 0.29) is 5.78 Å². The van der Waals surface area contributed by atoms with Gasteiger partial charge in [0.05, 0.1) is 5.69 Å². The highest BCUT2D eigenvalue weighted by Crippen LogP contribution is 2.19. The van der Waals surface area contributed by atoms with Crippen molar-refractivity contribution in [1.82, 2.24) is 0 Å². The van der Waals surface area contributed by atoms with Crippen molar-refractivity contribution in [2.75, 3.05) is 5.48 Å². The number of nitrogens with one attached hydrogen (secondary N) is 1. The van der Waals surface area contributed by atoms with Crippen molar-refractivity contribution >= 4 is 17.7 Å². The van der Waals surface area contributed by atoms with E-state index in [4.69, 9.17) is 4.94 Å². The number of aryl methyl sites for hydroxylation is 1. The Morgan fingerprint density at radius 3 is 2.20 bits per heavy atom. The number of oxime groups is 1. The Hall–Kier alpha value is -3.40. The molecule has 0 radical (unpaired) electrons. The second-order valence-corrected chi connectivity index (χ2v) is 5.60. The third kappa shape index (κ3) is 4.54. The summed E-state index contributed by atoms with van der Waals surface area (Å²) in [5.74, 6) is -0.217. The van der Waals surface area contributed by atoms with Gasteiger partial charge in [0.1, 0.15) is 6.21 Å². The molecule has 0 unspecified atom stereocenters. The summed E-state index contributed by atoms with van der Waals surface area (Å²) in [4.78, 5) is 17.0. The van der Waals surface area contributed by atoms with Crippen LogP contribution >= 0.6 is 0 Å². The van der Waals surface area contributed by atoms with E-state index in [9.17, 15) is 4.79 Å². The van der Waals surface area contributed by atoms with Gasteiger partial charge in [-0.15, -0.1) is 0 Å². The average molecular weight is 330 g/mol. The predicted octanol–water partition coefficient (Wildman–Crippen LogP) is 4.87. The molecule has 3 rings (SSSR count). The van der Waals surface area contributed by atoms with Crippen molar-refractivity contribution in [2.45, 2.75) is 6.92 Å². The zero-order valence-electron chi connectivity index (χ0n) is 13.8. The fourth-order valence-electron chi connectivity index (χ4n) is 2.31. The molecule has 1 N–H and O–H groups in total. The van der Waals surface area contributed by atoms with E-state index in [0.717, 1.165) is 28.6 Å². The highest BCUT2D eigenvalue weighted by atomic mass is 16.8. The molecule has 0 bridgehead atoms. The van der Waals surface area contributed by atoms with Gasteiger partial charge in [0.2, 0.25) is 5.78 Å². The molecule has 4 heteroatoms. The fraction of sp³-hybridized carbons (Fsp3) is 0.0476. The third-order valence-corrected chi connectivity index (χ3v) is 3.71. The van der Waals surface area contributed by atoms with Crippen molar-refractivity contribution < 1.29 is 9.73 Å². The molecule has 25 heavy (non-hydrogen) atoms. The van der Waals surface area contributed by atoms with Crippen LogP contribution in [0.2, 0.25) is 0 Å². The number of hydrogen-bond acceptors (Lipinski definition) is 4. The lowest BCUT2D eigenvalue weighted by molar-refractivity contribution is 0.106. The third-order valence-electron chi connectivity index (χ3n) is 3.71. The van der Waals surface area contributed by atoms with E-state index in [0.29, 0.717) is 5.56 Å². The molecule has 3 aromatic rings. The van der Waals surface area contributed by atoms with E-state index in [2.05, 4.69) is 10.6 Å². The van der Waals surface area contributed by atoms with Gasteiger partial charge in [-0.1, -0.05) is 77.4 Å². The molecule has 0 aromatic heterocycles. The van der Waals surface area contributed by atoms with Crippen LogP contribution in [0.4, 0.5) is 5.69 Å². The molecule has 0 aliphatic carbocycles. The van der Waals surface area contributed by atoms with E-state index in [1.54, 1.807) is 12.1 Å². The number of carbonyl (C=O) groups excluding carboxylic acids is 1. The quantitative estimate of drug-likeness (QED) is 0.398. The van der Waals surface area contributed by atoms with Gasteiger partial charge in [-0.3, -0.25) is 9.73 Å². The number of ketones is 1. The van der Waals surface area contributed by atoms with Gasteiger partial charge in [-0.2, -0.15) is 5.48 Å². The van der Waals surface area contributed by atoms with Gasteiger partial charge in [0, 0.05) is 5.56 Å². The predicted molar refractivity (Wildman–Crippen MR) is 101 cm³/mol. The van der Waals surface area contributed by atoms with Crippen LogP contribution in [0.3, 0.4) is 0 Å². The largest absolute Gasteiger partial charge is 0.287 e. The molecule has 0 atom stereocenters. The van der Waals surface area contributed by atoms with Crippen LogP contribution in [-0.4, -0.2) is 12.0 Å². The first kappa shape index (κ1) is 16.5. The first-order valence-corrected chi connectivity index (χ1v) is 7.94. The maximum Gasteiger partial charge on any atom is 0.207 e. The minimum absolute atomic E-state index is 0.217. The Bertz CT molecular complexity index is 855. The summed E-state index contributed by atoms with van der Waals surface area (Å²) in [6.07, 6.45) is 1.15. The maximum absolute atomic E-state index is 12.1. The normalized spacial score (nSPS) is 10.6. The highest BCUT2D eigenvalue weighted by Gasteiger charge is 2.04. The monoisotopic (exact) mass is 330 g/mol. The lowest BCUT2D eigenvalue weighted by atomic mass is 10.0. The van der Waals surface area contributed by atoms with Crippen LogP contribution in [0.15, 0.2) is 84.0 Å². The van der Waals surface area contributed by atoms with E-state index in [1.807, 2.05) is 73.7 Å². The van der Waals surface area contributed by atoms with Crippen LogP contribution in [0, 0.1) is 6.92 Å². The summed E-state index contributed by atoms with van der Waals surface area (Å²) in [6.45, 7) is 2.00. The zero-order valence-corrected chi connectivity index (χ0v) is 13.8. The van der Waals surface area contributed by atoms with Gasteiger partial charge in [-0.25, -0.2) is 0 Å². The molecular formula is C21H18N2O2. The molecule has 0 fully saturated rings. The molecule has 0 aliphatic rings. The minimum atomic E-state index is -0.217. The van der Waals surface area contributed by atoms with E-state index in [1.165, 1.54) is 0 Å². The van der Waals surface area contributed by atoms with Gasteiger partial charge in [0.25, 0.3) is 0 Å². The van der Waals surface area contributed by atoms with Gasteiger partial charge < -0.3 is 0 Å². The van der Waals surface area contributed by atoms with Gasteiger partial charge >= 0.3 is 0 Å². The Kier molecular flexibility index (Phi) is 5.22.